The number of aryl methyl sites for hydroxylation is 1. The van der Waals surface area contributed by atoms with Crippen LogP contribution < -0.4 is 10.1 Å². The van der Waals surface area contributed by atoms with E-state index in [-0.39, 0.29) is 12.3 Å². The number of anilines is 1. The zero-order valence-electron chi connectivity index (χ0n) is 19.5. The molecular weight excluding hydrogens is 582 g/mol. The molecule has 5 nitrogen and oxygen atoms in total. The highest BCUT2D eigenvalue weighted by Gasteiger charge is 2.25. The summed E-state index contributed by atoms with van der Waals surface area (Å²) in [5.41, 5.74) is 3.28. The van der Waals surface area contributed by atoms with Gasteiger partial charge in [-0.15, -0.1) is 11.3 Å². The maximum absolute atomic E-state index is 12.6. The van der Waals surface area contributed by atoms with E-state index >= 15 is 0 Å². The van der Waals surface area contributed by atoms with Gasteiger partial charge in [-0.2, -0.15) is 0 Å². The van der Waals surface area contributed by atoms with Crippen molar-refractivity contribution < 1.29 is 19.1 Å². The van der Waals surface area contributed by atoms with E-state index in [0.717, 1.165) is 30.7 Å². The summed E-state index contributed by atoms with van der Waals surface area (Å²) in [6.45, 7) is 6.62. The molecule has 0 aliphatic heterocycles. The third kappa shape index (κ3) is 6.49. The lowest BCUT2D eigenvalue weighted by Gasteiger charge is -2.11. The van der Waals surface area contributed by atoms with E-state index in [2.05, 4.69) is 57.1 Å². The molecule has 3 aromatic rings. The van der Waals surface area contributed by atoms with Crippen LogP contribution in [0, 0.1) is 6.92 Å². The molecule has 0 unspecified atom stereocenters. The lowest BCUT2D eigenvalue weighted by molar-refractivity contribution is -0.116. The Hall–Kier alpha value is -2.16. The number of ether oxygens (including phenoxy) is 2. The van der Waals surface area contributed by atoms with Gasteiger partial charge >= 0.3 is 5.97 Å². The number of halogens is 2. The second-order valence-corrected chi connectivity index (χ2v) is 11.1. The number of carbonyl (C=O) groups is 2. The quantitative estimate of drug-likeness (QED) is 0.198. The highest BCUT2D eigenvalue weighted by molar-refractivity contribution is 9.10. The number of hydrogen-bond acceptors (Lipinski definition) is 5. The summed E-state index contributed by atoms with van der Waals surface area (Å²) in [5, 5.41) is 3.40. The van der Waals surface area contributed by atoms with Crippen molar-refractivity contribution in [2.75, 3.05) is 19.0 Å². The van der Waals surface area contributed by atoms with Crippen molar-refractivity contribution >= 4 is 60.1 Å². The molecule has 34 heavy (non-hydrogen) atoms. The highest BCUT2D eigenvalue weighted by atomic mass is 79.9. The number of benzene rings is 2. The lowest BCUT2D eigenvalue weighted by Crippen LogP contribution is -2.15. The van der Waals surface area contributed by atoms with Crippen LogP contribution in [0.4, 0.5) is 5.00 Å². The molecule has 1 amide bonds. The monoisotopic (exact) mass is 607 g/mol. The number of amides is 1. The second-order valence-electron chi connectivity index (χ2n) is 8.08. The predicted molar refractivity (Wildman–Crippen MR) is 145 cm³/mol. The van der Waals surface area contributed by atoms with Gasteiger partial charge in [0.05, 0.1) is 18.2 Å². The molecule has 0 saturated heterocycles. The SMILES string of the molecule is COC(=O)c1c(NC(=O)CCCOc2ccc(C(C)C)cc2Br)sc(C)c1-c1ccc(Br)cc1. The number of hydrogen-bond donors (Lipinski definition) is 1. The van der Waals surface area contributed by atoms with Crippen LogP contribution in [0.25, 0.3) is 11.1 Å². The third-order valence-electron chi connectivity index (χ3n) is 5.29. The van der Waals surface area contributed by atoms with Crippen molar-refractivity contribution in [1.29, 1.82) is 0 Å². The second kappa shape index (κ2) is 12.0. The first kappa shape index (κ1) is 26.4. The molecule has 0 aliphatic carbocycles. The summed E-state index contributed by atoms with van der Waals surface area (Å²) >= 11 is 8.36. The molecule has 0 bridgehead atoms. The maximum Gasteiger partial charge on any atom is 0.341 e. The summed E-state index contributed by atoms with van der Waals surface area (Å²) in [5.74, 6) is 0.544. The number of rotatable bonds is 9. The summed E-state index contributed by atoms with van der Waals surface area (Å²) in [6.07, 6.45) is 0.814. The minimum absolute atomic E-state index is 0.174. The van der Waals surface area contributed by atoms with Crippen LogP contribution in [0.1, 0.15) is 53.4 Å². The van der Waals surface area contributed by atoms with Gasteiger partial charge in [-0.3, -0.25) is 4.79 Å². The number of carbonyl (C=O) groups excluding carboxylic acids is 2. The van der Waals surface area contributed by atoms with Crippen molar-refractivity contribution in [2.24, 2.45) is 0 Å². The van der Waals surface area contributed by atoms with Crippen molar-refractivity contribution in [3.8, 4) is 16.9 Å². The van der Waals surface area contributed by atoms with Crippen LogP contribution in [0.5, 0.6) is 5.75 Å². The van der Waals surface area contributed by atoms with Crippen molar-refractivity contribution in [3.05, 3.63) is 67.4 Å². The average Bonchev–Trinajstić information content (AvgIpc) is 3.12. The van der Waals surface area contributed by atoms with Crippen molar-refractivity contribution in [2.45, 2.75) is 39.5 Å². The molecule has 8 heteroatoms. The standard InChI is InChI=1S/C26H27Br2NO4S/c1-15(2)18-9-12-21(20(28)14-18)33-13-5-6-22(30)29-25-24(26(31)32-4)23(16(3)34-25)17-7-10-19(27)11-8-17/h7-12,14-15H,5-6,13H2,1-4H3,(H,29,30). The molecule has 2 aromatic carbocycles. The van der Waals surface area contributed by atoms with Gasteiger partial charge in [0.2, 0.25) is 5.91 Å². The molecule has 0 atom stereocenters. The number of esters is 1. The summed E-state index contributed by atoms with van der Waals surface area (Å²) in [4.78, 5) is 26.2. The van der Waals surface area contributed by atoms with E-state index in [1.54, 1.807) is 0 Å². The van der Waals surface area contributed by atoms with Gasteiger partial charge in [-0.25, -0.2) is 4.79 Å². The Morgan fingerprint density at radius 3 is 2.41 bits per heavy atom. The van der Waals surface area contributed by atoms with Crippen LogP contribution >= 0.6 is 43.2 Å². The van der Waals surface area contributed by atoms with E-state index in [9.17, 15) is 9.59 Å². The van der Waals surface area contributed by atoms with Gasteiger partial charge in [-0.1, -0.05) is 48.0 Å². The molecule has 0 saturated carbocycles. The Morgan fingerprint density at radius 1 is 1.09 bits per heavy atom. The topological polar surface area (TPSA) is 64.6 Å². The molecule has 0 spiro atoms. The first-order chi connectivity index (χ1) is 16.2. The Balaban J connectivity index is 1.65. The Bertz CT molecular complexity index is 1170. The number of nitrogens with one attached hydrogen (secondary N) is 1. The summed E-state index contributed by atoms with van der Waals surface area (Å²) in [7, 11) is 1.34. The largest absolute Gasteiger partial charge is 0.492 e. The first-order valence-electron chi connectivity index (χ1n) is 10.9. The van der Waals surface area contributed by atoms with Crippen LogP contribution in [0.15, 0.2) is 51.4 Å². The van der Waals surface area contributed by atoms with Gasteiger partial charge in [0.25, 0.3) is 0 Å². The predicted octanol–water partition coefficient (Wildman–Crippen LogP) is 7.96. The molecule has 3 rings (SSSR count). The fraction of sp³-hybridized carbons (Fsp3) is 0.308. The van der Waals surface area contributed by atoms with Crippen LogP contribution in [-0.2, 0) is 9.53 Å². The minimum Gasteiger partial charge on any atom is -0.492 e. The Kier molecular flexibility index (Phi) is 9.33. The third-order valence-corrected chi connectivity index (χ3v) is 7.46. The van der Waals surface area contributed by atoms with Crippen LogP contribution in [0.2, 0.25) is 0 Å². The molecule has 0 aliphatic rings. The molecular formula is C26H27Br2NO4S. The average molecular weight is 609 g/mol. The summed E-state index contributed by atoms with van der Waals surface area (Å²) < 4.78 is 12.7. The zero-order valence-corrected chi connectivity index (χ0v) is 23.5. The molecule has 1 N–H and O–H groups in total. The van der Waals surface area contributed by atoms with E-state index in [1.165, 1.54) is 24.0 Å². The van der Waals surface area contributed by atoms with E-state index in [4.69, 9.17) is 9.47 Å². The fourth-order valence-electron chi connectivity index (χ4n) is 3.49. The molecule has 0 radical (unpaired) electrons. The van der Waals surface area contributed by atoms with E-state index in [0.29, 0.717) is 29.5 Å². The molecule has 0 fully saturated rings. The number of methoxy groups -OCH3 is 1. The maximum atomic E-state index is 12.6. The fourth-order valence-corrected chi connectivity index (χ4v) is 5.35. The van der Waals surface area contributed by atoms with Gasteiger partial charge in [-0.05, 0) is 70.6 Å². The molecule has 1 heterocycles. The van der Waals surface area contributed by atoms with Crippen LogP contribution in [0.3, 0.4) is 0 Å². The lowest BCUT2D eigenvalue weighted by atomic mass is 10.0. The molecule has 1 aromatic heterocycles. The minimum atomic E-state index is -0.476. The van der Waals surface area contributed by atoms with Crippen molar-refractivity contribution in [1.82, 2.24) is 0 Å². The highest BCUT2D eigenvalue weighted by Crippen LogP contribution is 2.40. The zero-order chi connectivity index (χ0) is 24.8. The Labute approximate surface area is 221 Å². The summed E-state index contributed by atoms with van der Waals surface area (Å²) in [6, 6.07) is 13.7. The van der Waals surface area contributed by atoms with Gasteiger partial charge < -0.3 is 14.8 Å². The Morgan fingerprint density at radius 2 is 1.79 bits per heavy atom. The smallest absolute Gasteiger partial charge is 0.341 e. The normalized spacial score (nSPS) is 10.9. The van der Waals surface area contributed by atoms with Crippen LogP contribution in [-0.4, -0.2) is 25.6 Å². The van der Waals surface area contributed by atoms with E-state index < -0.39 is 5.97 Å². The first-order valence-corrected chi connectivity index (χ1v) is 13.3. The van der Waals surface area contributed by atoms with Crippen molar-refractivity contribution in [3.63, 3.8) is 0 Å². The van der Waals surface area contributed by atoms with Gasteiger partial charge in [0.15, 0.2) is 0 Å². The van der Waals surface area contributed by atoms with E-state index in [1.807, 2.05) is 43.3 Å². The van der Waals surface area contributed by atoms with Gasteiger partial charge in [0.1, 0.15) is 16.3 Å². The molecule has 180 valence electrons. The number of thiophene rings is 1. The van der Waals surface area contributed by atoms with Gasteiger partial charge in [0, 0.05) is 21.3 Å².